The quantitative estimate of drug-likeness (QED) is 0.505. The standard InChI is InChI=1S/C14H30N2O4/c1-14(2,3)16(8-5-13(19)20)7-4-6-15(9-11-17)10-12-18/h17-18H,4-12H2,1-3H3,(H,19,20). The van der Waals surface area contributed by atoms with Crippen molar-refractivity contribution in [2.75, 3.05) is 45.9 Å². The molecule has 0 aliphatic carbocycles. The van der Waals surface area contributed by atoms with E-state index in [0.717, 1.165) is 19.5 Å². The van der Waals surface area contributed by atoms with Crippen molar-refractivity contribution in [2.24, 2.45) is 0 Å². The highest BCUT2D eigenvalue weighted by Crippen LogP contribution is 2.14. The maximum Gasteiger partial charge on any atom is 0.304 e. The van der Waals surface area contributed by atoms with Crippen LogP contribution in [-0.2, 0) is 4.79 Å². The molecule has 0 aromatic carbocycles. The largest absolute Gasteiger partial charge is 0.481 e. The van der Waals surface area contributed by atoms with Gasteiger partial charge >= 0.3 is 5.97 Å². The van der Waals surface area contributed by atoms with E-state index in [1.165, 1.54) is 0 Å². The SMILES string of the molecule is CC(C)(C)N(CCCN(CCO)CCO)CCC(=O)O. The molecule has 120 valence electrons. The zero-order chi connectivity index (χ0) is 15.6. The first-order chi connectivity index (χ1) is 9.31. The fourth-order valence-electron chi connectivity index (χ4n) is 2.12. The lowest BCUT2D eigenvalue weighted by molar-refractivity contribution is -0.137. The van der Waals surface area contributed by atoms with Gasteiger partial charge in [-0.1, -0.05) is 0 Å². The minimum Gasteiger partial charge on any atom is -0.481 e. The number of nitrogens with zero attached hydrogens (tertiary/aromatic N) is 2. The first kappa shape index (κ1) is 19.3. The number of carboxylic acids is 1. The summed E-state index contributed by atoms with van der Waals surface area (Å²) in [7, 11) is 0. The number of hydrogen-bond acceptors (Lipinski definition) is 5. The van der Waals surface area contributed by atoms with Crippen LogP contribution in [0, 0.1) is 0 Å². The Labute approximate surface area is 122 Å². The van der Waals surface area contributed by atoms with E-state index < -0.39 is 5.97 Å². The first-order valence-electron chi connectivity index (χ1n) is 7.22. The van der Waals surface area contributed by atoms with Gasteiger partial charge in [-0.25, -0.2) is 0 Å². The van der Waals surface area contributed by atoms with Crippen molar-refractivity contribution >= 4 is 5.97 Å². The Morgan fingerprint density at radius 2 is 1.50 bits per heavy atom. The molecule has 0 unspecified atom stereocenters. The third kappa shape index (κ3) is 9.25. The lowest BCUT2D eigenvalue weighted by Crippen LogP contribution is -2.44. The van der Waals surface area contributed by atoms with Crippen LogP contribution in [-0.4, -0.2) is 82.6 Å². The van der Waals surface area contributed by atoms with Crippen molar-refractivity contribution in [1.82, 2.24) is 9.80 Å². The first-order valence-corrected chi connectivity index (χ1v) is 7.22. The smallest absolute Gasteiger partial charge is 0.304 e. The topological polar surface area (TPSA) is 84.2 Å². The maximum absolute atomic E-state index is 10.7. The molecule has 0 fully saturated rings. The highest BCUT2D eigenvalue weighted by Gasteiger charge is 2.21. The zero-order valence-electron chi connectivity index (χ0n) is 13.0. The van der Waals surface area contributed by atoms with Gasteiger partial charge in [0.15, 0.2) is 0 Å². The summed E-state index contributed by atoms with van der Waals surface area (Å²) < 4.78 is 0. The molecule has 6 heteroatoms. The molecular weight excluding hydrogens is 260 g/mol. The second-order valence-electron chi connectivity index (χ2n) is 5.94. The number of rotatable bonds is 11. The number of hydrogen-bond donors (Lipinski definition) is 3. The minimum absolute atomic E-state index is 0.0613. The van der Waals surface area contributed by atoms with E-state index in [-0.39, 0.29) is 25.2 Å². The van der Waals surface area contributed by atoms with Gasteiger partial charge in [-0.3, -0.25) is 14.6 Å². The van der Waals surface area contributed by atoms with E-state index in [2.05, 4.69) is 25.7 Å². The fourth-order valence-corrected chi connectivity index (χ4v) is 2.12. The Kier molecular flexibility index (Phi) is 9.75. The zero-order valence-corrected chi connectivity index (χ0v) is 13.0. The molecule has 0 aliphatic heterocycles. The van der Waals surface area contributed by atoms with Gasteiger partial charge in [0.1, 0.15) is 0 Å². The summed E-state index contributed by atoms with van der Waals surface area (Å²) in [4.78, 5) is 14.9. The second kappa shape index (κ2) is 10.1. The molecule has 6 nitrogen and oxygen atoms in total. The Morgan fingerprint density at radius 1 is 0.950 bits per heavy atom. The molecule has 3 N–H and O–H groups in total. The van der Waals surface area contributed by atoms with Crippen LogP contribution in [0.5, 0.6) is 0 Å². The van der Waals surface area contributed by atoms with Gasteiger partial charge in [0.25, 0.3) is 0 Å². The van der Waals surface area contributed by atoms with Crippen LogP contribution in [0.1, 0.15) is 33.6 Å². The molecule has 0 atom stereocenters. The Balaban J connectivity index is 4.20. The molecule has 0 bridgehead atoms. The molecule has 0 aliphatic rings. The molecule has 0 radical (unpaired) electrons. The van der Waals surface area contributed by atoms with E-state index in [1.807, 2.05) is 4.90 Å². The van der Waals surface area contributed by atoms with Crippen LogP contribution in [0.15, 0.2) is 0 Å². The van der Waals surface area contributed by atoms with Gasteiger partial charge in [-0.2, -0.15) is 0 Å². The van der Waals surface area contributed by atoms with Gasteiger partial charge < -0.3 is 15.3 Å². The number of aliphatic carboxylic acids is 1. The normalized spacial score (nSPS) is 12.3. The number of carbonyl (C=O) groups is 1. The van der Waals surface area contributed by atoms with Crippen molar-refractivity contribution < 1.29 is 20.1 Å². The molecule has 0 amide bonds. The number of carboxylic acid groups (broad SMARTS) is 1. The average molecular weight is 290 g/mol. The third-order valence-corrected chi connectivity index (χ3v) is 3.28. The molecular formula is C14H30N2O4. The van der Waals surface area contributed by atoms with Gasteiger partial charge in [0, 0.05) is 25.2 Å². The Bertz CT molecular complexity index is 260. The molecule has 0 heterocycles. The van der Waals surface area contributed by atoms with Crippen molar-refractivity contribution in [2.45, 2.75) is 39.2 Å². The maximum atomic E-state index is 10.7. The monoisotopic (exact) mass is 290 g/mol. The van der Waals surface area contributed by atoms with Gasteiger partial charge in [0.2, 0.25) is 0 Å². The Morgan fingerprint density at radius 3 is 1.90 bits per heavy atom. The van der Waals surface area contributed by atoms with E-state index >= 15 is 0 Å². The lowest BCUT2D eigenvalue weighted by atomic mass is 10.1. The molecule has 0 spiro atoms. The van der Waals surface area contributed by atoms with E-state index in [4.69, 9.17) is 15.3 Å². The number of aliphatic hydroxyl groups excluding tert-OH is 2. The van der Waals surface area contributed by atoms with E-state index in [0.29, 0.717) is 19.6 Å². The highest BCUT2D eigenvalue weighted by molar-refractivity contribution is 5.66. The van der Waals surface area contributed by atoms with Gasteiger partial charge in [-0.15, -0.1) is 0 Å². The lowest BCUT2D eigenvalue weighted by Gasteiger charge is -2.36. The summed E-state index contributed by atoms with van der Waals surface area (Å²) in [6.45, 7) is 9.67. The summed E-state index contributed by atoms with van der Waals surface area (Å²) >= 11 is 0. The van der Waals surface area contributed by atoms with Gasteiger partial charge in [-0.05, 0) is 40.3 Å². The molecule has 0 aromatic rings. The van der Waals surface area contributed by atoms with Crippen molar-refractivity contribution in [3.05, 3.63) is 0 Å². The van der Waals surface area contributed by atoms with Gasteiger partial charge in [0.05, 0.1) is 19.6 Å². The van der Waals surface area contributed by atoms with E-state index in [9.17, 15) is 4.79 Å². The predicted octanol–water partition coefficient (Wildman–Crippen LogP) is 0.238. The summed E-state index contributed by atoms with van der Waals surface area (Å²) in [6, 6.07) is 0. The van der Waals surface area contributed by atoms with Crippen LogP contribution in [0.3, 0.4) is 0 Å². The summed E-state index contributed by atoms with van der Waals surface area (Å²) in [5, 5.41) is 26.7. The van der Waals surface area contributed by atoms with Crippen molar-refractivity contribution in [1.29, 1.82) is 0 Å². The average Bonchev–Trinajstić information content (AvgIpc) is 2.32. The predicted molar refractivity (Wildman–Crippen MR) is 78.8 cm³/mol. The van der Waals surface area contributed by atoms with Crippen LogP contribution in [0.25, 0.3) is 0 Å². The highest BCUT2D eigenvalue weighted by atomic mass is 16.4. The van der Waals surface area contributed by atoms with Crippen LogP contribution in [0.2, 0.25) is 0 Å². The van der Waals surface area contributed by atoms with Crippen LogP contribution >= 0.6 is 0 Å². The third-order valence-electron chi connectivity index (χ3n) is 3.28. The molecule has 0 rings (SSSR count). The Hall–Kier alpha value is -0.690. The molecule has 0 saturated carbocycles. The molecule has 20 heavy (non-hydrogen) atoms. The molecule has 0 saturated heterocycles. The van der Waals surface area contributed by atoms with Crippen molar-refractivity contribution in [3.8, 4) is 0 Å². The summed E-state index contributed by atoms with van der Waals surface area (Å²) in [6.07, 6.45) is 1.03. The second-order valence-corrected chi connectivity index (χ2v) is 5.94. The summed E-state index contributed by atoms with van der Waals surface area (Å²) in [5.74, 6) is -0.776. The minimum atomic E-state index is -0.776. The van der Waals surface area contributed by atoms with E-state index in [1.54, 1.807) is 0 Å². The van der Waals surface area contributed by atoms with Crippen molar-refractivity contribution in [3.63, 3.8) is 0 Å². The fraction of sp³-hybridized carbons (Fsp3) is 0.929. The van der Waals surface area contributed by atoms with Crippen LogP contribution < -0.4 is 0 Å². The molecule has 0 aromatic heterocycles. The van der Waals surface area contributed by atoms with Crippen LogP contribution in [0.4, 0.5) is 0 Å². The number of aliphatic hydroxyl groups is 2. The summed E-state index contributed by atoms with van der Waals surface area (Å²) in [5.41, 5.74) is -0.0613.